The Morgan fingerprint density at radius 2 is 1.84 bits per heavy atom. The highest BCUT2D eigenvalue weighted by atomic mass is 16.6. The highest BCUT2D eigenvalue weighted by Gasteiger charge is 2.41. The Labute approximate surface area is 190 Å². The molecule has 1 aliphatic rings. The number of aliphatic hydroxyl groups is 1. The second-order valence-corrected chi connectivity index (χ2v) is 9.56. The van der Waals surface area contributed by atoms with Gasteiger partial charge in [-0.25, -0.2) is 4.79 Å². The number of amides is 1. The van der Waals surface area contributed by atoms with E-state index in [2.05, 4.69) is 22.6 Å². The number of carbonyl (C=O) groups is 1. The molecule has 0 spiro atoms. The van der Waals surface area contributed by atoms with Gasteiger partial charge in [-0.15, -0.1) is 0 Å². The van der Waals surface area contributed by atoms with Gasteiger partial charge >= 0.3 is 6.09 Å². The van der Waals surface area contributed by atoms with Crippen LogP contribution < -0.4 is 5.32 Å². The first-order valence-electron chi connectivity index (χ1n) is 11.1. The van der Waals surface area contributed by atoms with E-state index in [1.807, 2.05) is 70.2 Å². The van der Waals surface area contributed by atoms with Crippen LogP contribution in [-0.2, 0) is 16.2 Å². The van der Waals surface area contributed by atoms with E-state index in [0.717, 1.165) is 23.3 Å². The summed E-state index contributed by atoms with van der Waals surface area (Å²) in [6.07, 6.45) is 1.81. The maximum absolute atomic E-state index is 12.2. The lowest BCUT2D eigenvalue weighted by Crippen LogP contribution is -2.51. The normalized spacial score (nSPS) is 21.3. The quantitative estimate of drug-likeness (QED) is 0.463. The molecule has 2 aromatic rings. The molecule has 1 amide bonds. The minimum Gasteiger partial charge on any atom is -0.444 e. The number of ether oxygens (including phenoxy) is 1. The van der Waals surface area contributed by atoms with Gasteiger partial charge < -0.3 is 20.0 Å². The van der Waals surface area contributed by atoms with E-state index in [9.17, 15) is 9.90 Å². The smallest absolute Gasteiger partial charge is 0.408 e. The van der Waals surface area contributed by atoms with Crippen molar-refractivity contribution in [1.29, 1.82) is 0 Å². The number of alkyl carbamates (subject to hydrolysis) is 1. The largest absolute Gasteiger partial charge is 0.444 e. The molecular formula is C26H34N2O4. The Morgan fingerprint density at radius 1 is 1.16 bits per heavy atom. The van der Waals surface area contributed by atoms with Crippen molar-refractivity contribution in [1.82, 2.24) is 5.32 Å². The molecule has 2 atom stereocenters. The van der Waals surface area contributed by atoms with Gasteiger partial charge in [0, 0.05) is 0 Å². The van der Waals surface area contributed by atoms with Crippen LogP contribution in [0.15, 0.2) is 59.8 Å². The average molecular weight is 439 g/mol. The SMILES string of the molecule is C/C(=N\OCc1ccc([C@@H]2CC[C@@](CO)(NC(=O)OC(C)(C)C)C2)cc1)c1ccccc1. The summed E-state index contributed by atoms with van der Waals surface area (Å²) in [6, 6.07) is 18.2. The maximum Gasteiger partial charge on any atom is 0.408 e. The fraction of sp³-hybridized carbons (Fsp3) is 0.462. The van der Waals surface area contributed by atoms with Gasteiger partial charge in [-0.1, -0.05) is 59.8 Å². The van der Waals surface area contributed by atoms with Crippen LogP contribution in [0.1, 0.15) is 69.6 Å². The van der Waals surface area contributed by atoms with Crippen molar-refractivity contribution in [2.45, 2.75) is 70.6 Å². The van der Waals surface area contributed by atoms with Crippen molar-refractivity contribution >= 4 is 11.8 Å². The molecular weight excluding hydrogens is 404 g/mol. The molecule has 0 saturated heterocycles. The summed E-state index contributed by atoms with van der Waals surface area (Å²) in [4.78, 5) is 17.8. The third-order valence-corrected chi connectivity index (χ3v) is 5.75. The van der Waals surface area contributed by atoms with Gasteiger partial charge in [0.15, 0.2) is 0 Å². The van der Waals surface area contributed by atoms with Gasteiger partial charge in [0.2, 0.25) is 0 Å². The number of nitrogens with one attached hydrogen (secondary N) is 1. The Balaban J connectivity index is 1.55. The molecule has 0 heterocycles. The molecule has 32 heavy (non-hydrogen) atoms. The van der Waals surface area contributed by atoms with E-state index < -0.39 is 17.2 Å². The summed E-state index contributed by atoms with van der Waals surface area (Å²) < 4.78 is 5.38. The molecule has 0 aliphatic heterocycles. The van der Waals surface area contributed by atoms with Gasteiger partial charge in [0.05, 0.1) is 17.9 Å². The monoisotopic (exact) mass is 438 g/mol. The third-order valence-electron chi connectivity index (χ3n) is 5.75. The Bertz CT molecular complexity index is 919. The molecule has 1 aliphatic carbocycles. The van der Waals surface area contributed by atoms with Crippen LogP contribution in [-0.4, -0.2) is 34.7 Å². The lowest BCUT2D eigenvalue weighted by atomic mass is 9.92. The zero-order valence-electron chi connectivity index (χ0n) is 19.4. The molecule has 3 rings (SSSR count). The van der Waals surface area contributed by atoms with Crippen molar-refractivity contribution in [2.75, 3.05) is 6.61 Å². The molecule has 0 aromatic heterocycles. The van der Waals surface area contributed by atoms with E-state index in [1.165, 1.54) is 5.56 Å². The summed E-state index contributed by atoms with van der Waals surface area (Å²) in [6.45, 7) is 7.71. The van der Waals surface area contributed by atoms with Crippen molar-refractivity contribution in [3.63, 3.8) is 0 Å². The van der Waals surface area contributed by atoms with Gasteiger partial charge in [0.25, 0.3) is 0 Å². The lowest BCUT2D eigenvalue weighted by molar-refractivity contribution is 0.0401. The first-order valence-corrected chi connectivity index (χ1v) is 11.1. The van der Waals surface area contributed by atoms with Crippen molar-refractivity contribution in [3.8, 4) is 0 Å². The highest BCUT2D eigenvalue weighted by molar-refractivity contribution is 5.98. The Morgan fingerprint density at radius 3 is 2.47 bits per heavy atom. The third kappa shape index (κ3) is 6.57. The zero-order chi connectivity index (χ0) is 23.2. The van der Waals surface area contributed by atoms with Crippen molar-refractivity contribution in [2.24, 2.45) is 5.16 Å². The van der Waals surface area contributed by atoms with E-state index >= 15 is 0 Å². The number of hydrogen-bond acceptors (Lipinski definition) is 5. The summed E-state index contributed by atoms with van der Waals surface area (Å²) >= 11 is 0. The molecule has 2 aromatic carbocycles. The average Bonchev–Trinajstić information content (AvgIpc) is 3.17. The van der Waals surface area contributed by atoms with Crippen LogP contribution >= 0.6 is 0 Å². The number of benzene rings is 2. The van der Waals surface area contributed by atoms with E-state index in [4.69, 9.17) is 9.57 Å². The van der Waals surface area contributed by atoms with Gasteiger partial charge in [-0.3, -0.25) is 0 Å². The molecule has 1 saturated carbocycles. The van der Waals surface area contributed by atoms with Crippen LogP contribution in [0.25, 0.3) is 0 Å². The van der Waals surface area contributed by atoms with Crippen molar-refractivity contribution in [3.05, 3.63) is 71.3 Å². The first-order chi connectivity index (χ1) is 15.2. The van der Waals surface area contributed by atoms with Crippen molar-refractivity contribution < 1.29 is 19.5 Å². The predicted octanol–water partition coefficient (Wildman–Crippen LogP) is 5.15. The Kier molecular flexibility index (Phi) is 7.56. The maximum atomic E-state index is 12.2. The number of rotatable bonds is 7. The van der Waals surface area contributed by atoms with Gasteiger partial charge in [-0.05, 0) is 69.6 Å². The van der Waals surface area contributed by atoms with E-state index in [-0.39, 0.29) is 12.5 Å². The number of hydrogen-bond donors (Lipinski definition) is 2. The lowest BCUT2D eigenvalue weighted by Gasteiger charge is -2.30. The first kappa shape index (κ1) is 23.8. The van der Waals surface area contributed by atoms with Crippen LogP contribution in [0, 0.1) is 0 Å². The molecule has 6 nitrogen and oxygen atoms in total. The standard InChI is InChI=1S/C26H34N2O4/c1-19(21-8-6-5-7-9-21)28-31-17-20-10-12-22(13-11-20)23-14-15-26(16-23,18-29)27-24(30)32-25(2,3)4/h5-13,23,29H,14-18H2,1-4H3,(H,27,30)/b28-19+/t23-,26-/m1/s1. The Hall–Kier alpha value is -2.86. The predicted molar refractivity (Wildman–Crippen MR) is 126 cm³/mol. The molecule has 0 unspecified atom stereocenters. The molecule has 172 valence electrons. The molecule has 0 bridgehead atoms. The van der Waals surface area contributed by atoms with Crippen LogP contribution in [0.5, 0.6) is 0 Å². The molecule has 2 N–H and O–H groups in total. The second-order valence-electron chi connectivity index (χ2n) is 9.56. The zero-order valence-corrected chi connectivity index (χ0v) is 19.4. The fourth-order valence-electron chi connectivity index (χ4n) is 4.05. The van der Waals surface area contributed by atoms with Crippen LogP contribution in [0.3, 0.4) is 0 Å². The number of aliphatic hydroxyl groups excluding tert-OH is 1. The molecule has 1 fully saturated rings. The molecule has 6 heteroatoms. The summed E-state index contributed by atoms with van der Waals surface area (Å²) in [5.74, 6) is 0.269. The summed E-state index contributed by atoms with van der Waals surface area (Å²) in [7, 11) is 0. The highest BCUT2D eigenvalue weighted by Crippen LogP contribution is 2.41. The van der Waals surface area contributed by atoms with E-state index in [0.29, 0.717) is 19.4 Å². The fourth-order valence-corrected chi connectivity index (χ4v) is 4.05. The number of carbonyl (C=O) groups excluding carboxylic acids is 1. The minimum atomic E-state index is -0.640. The number of nitrogens with zero attached hydrogens (tertiary/aromatic N) is 1. The second kappa shape index (κ2) is 10.2. The molecule has 0 radical (unpaired) electrons. The number of oxime groups is 1. The van der Waals surface area contributed by atoms with Gasteiger partial charge in [0.1, 0.15) is 12.2 Å². The minimum absolute atomic E-state index is 0.104. The van der Waals surface area contributed by atoms with Gasteiger partial charge in [-0.2, -0.15) is 0 Å². The van der Waals surface area contributed by atoms with E-state index in [1.54, 1.807) is 0 Å². The topological polar surface area (TPSA) is 80.2 Å². The van der Waals surface area contributed by atoms with Crippen LogP contribution in [0.4, 0.5) is 4.79 Å². The van der Waals surface area contributed by atoms with Crippen LogP contribution in [0.2, 0.25) is 0 Å². The summed E-state index contributed by atoms with van der Waals surface area (Å²) in [5, 5.41) is 17.1. The summed E-state index contributed by atoms with van der Waals surface area (Å²) in [5.41, 5.74) is 2.90.